The van der Waals surface area contributed by atoms with Crippen molar-refractivity contribution in [2.45, 2.75) is 101 Å². The van der Waals surface area contributed by atoms with Gasteiger partial charge in [-0.2, -0.15) is 18.3 Å². The van der Waals surface area contributed by atoms with Crippen LogP contribution in [0.4, 0.5) is 30.7 Å². The molecule has 3 aromatic rings. The molecule has 3 aliphatic rings. The van der Waals surface area contributed by atoms with E-state index in [9.17, 15) is 40.3 Å². The van der Waals surface area contributed by atoms with Crippen LogP contribution < -0.4 is 10.6 Å². The highest BCUT2D eigenvalue weighted by Gasteiger charge is 2.48. The van der Waals surface area contributed by atoms with Crippen molar-refractivity contribution in [2.75, 3.05) is 0 Å². The molecule has 3 fully saturated rings. The zero-order chi connectivity index (χ0) is 32.9. The van der Waals surface area contributed by atoms with Crippen molar-refractivity contribution in [3.8, 4) is 0 Å². The first-order chi connectivity index (χ1) is 21.7. The molecule has 1 unspecified atom stereocenters. The Hall–Kier alpha value is -3.79. The number of imidazole rings is 1. The first-order valence-corrected chi connectivity index (χ1v) is 15.3. The third-order valence-corrected chi connectivity index (χ3v) is 9.27. The fraction of sp³-hybridized carbons (Fsp3) is 0.655. The lowest BCUT2D eigenvalue weighted by Gasteiger charge is -2.36. The molecule has 46 heavy (non-hydrogen) atoms. The van der Waals surface area contributed by atoms with Gasteiger partial charge in [-0.25, -0.2) is 31.7 Å². The Morgan fingerprint density at radius 1 is 0.957 bits per heavy atom. The van der Waals surface area contributed by atoms with E-state index >= 15 is 0 Å². The van der Waals surface area contributed by atoms with Gasteiger partial charge in [0.1, 0.15) is 5.69 Å². The Bertz CT molecular complexity index is 1570. The van der Waals surface area contributed by atoms with E-state index in [0.29, 0.717) is 16.9 Å². The zero-order valence-electron chi connectivity index (χ0n) is 24.6. The summed E-state index contributed by atoms with van der Waals surface area (Å²) in [6.45, 7) is -0.202. The van der Waals surface area contributed by atoms with Crippen LogP contribution in [0.5, 0.6) is 0 Å². The molecule has 0 radical (unpaired) electrons. The van der Waals surface area contributed by atoms with E-state index in [0.717, 1.165) is 23.7 Å². The highest BCUT2D eigenvalue weighted by molar-refractivity contribution is 5.92. The number of nitrogens with zero attached hydrogens (tertiary/aromatic N) is 6. The van der Waals surface area contributed by atoms with Gasteiger partial charge < -0.3 is 10.6 Å². The van der Waals surface area contributed by atoms with Gasteiger partial charge in [-0.3, -0.25) is 9.59 Å². The van der Waals surface area contributed by atoms with Gasteiger partial charge in [0.25, 0.3) is 11.8 Å². The van der Waals surface area contributed by atoms with E-state index in [-0.39, 0.29) is 56.7 Å². The number of halogens is 7. The zero-order valence-corrected chi connectivity index (χ0v) is 24.6. The second kappa shape index (κ2) is 12.1. The van der Waals surface area contributed by atoms with Gasteiger partial charge in [0.2, 0.25) is 11.8 Å². The molecule has 0 saturated heterocycles. The molecule has 0 aromatic carbocycles. The summed E-state index contributed by atoms with van der Waals surface area (Å²) in [5, 5.41) is 17.5. The van der Waals surface area contributed by atoms with E-state index in [1.165, 1.54) is 10.7 Å². The van der Waals surface area contributed by atoms with Crippen LogP contribution in [0, 0.1) is 17.8 Å². The Balaban J connectivity index is 1.24. The van der Waals surface area contributed by atoms with Crippen molar-refractivity contribution in [1.29, 1.82) is 0 Å². The highest BCUT2D eigenvalue weighted by atomic mass is 19.4. The van der Waals surface area contributed by atoms with Crippen LogP contribution in [0.1, 0.15) is 98.0 Å². The van der Waals surface area contributed by atoms with E-state index in [1.807, 2.05) is 0 Å². The number of carbonyl (C=O) groups is 2. The van der Waals surface area contributed by atoms with Crippen LogP contribution in [-0.2, 0) is 11.3 Å². The summed E-state index contributed by atoms with van der Waals surface area (Å²) in [6.07, 6.45) is -1.18. The van der Waals surface area contributed by atoms with Crippen LogP contribution in [0.15, 0.2) is 24.7 Å². The number of aromatic nitrogens is 6. The summed E-state index contributed by atoms with van der Waals surface area (Å²) in [5.41, 5.74) is 1.15. The summed E-state index contributed by atoms with van der Waals surface area (Å²) in [6, 6.07) is 0.240. The molecule has 3 aliphatic carbocycles. The Morgan fingerprint density at radius 3 is 2.30 bits per heavy atom. The molecule has 3 saturated carbocycles. The second-order valence-corrected chi connectivity index (χ2v) is 12.7. The lowest BCUT2D eigenvalue weighted by molar-refractivity contribution is -0.144. The highest BCUT2D eigenvalue weighted by Crippen LogP contribution is 2.45. The molecular formula is C29H33F7N8O2. The maximum Gasteiger partial charge on any atom is 0.389 e. The van der Waals surface area contributed by atoms with E-state index < -0.39 is 66.6 Å². The molecule has 2 N–H and O–H groups in total. The van der Waals surface area contributed by atoms with E-state index in [1.54, 1.807) is 12.3 Å². The molecule has 0 bridgehead atoms. The molecular weight excluding hydrogens is 625 g/mol. The second-order valence-electron chi connectivity index (χ2n) is 12.7. The molecule has 10 nitrogen and oxygen atoms in total. The number of rotatable bonds is 11. The van der Waals surface area contributed by atoms with Crippen molar-refractivity contribution in [1.82, 2.24) is 40.2 Å². The van der Waals surface area contributed by atoms with Gasteiger partial charge >= 0.3 is 6.18 Å². The molecule has 0 spiro atoms. The maximum atomic E-state index is 14.1. The lowest BCUT2D eigenvalue weighted by Crippen LogP contribution is -2.42. The third-order valence-electron chi connectivity index (χ3n) is 9.27. The number of hydrogen-bond acceptors (Lipinski definition) is 6. The molecule has 2 amide bonds. The molecule has 3 aromatic heterocycles. The maximum absolute atomic E-state index is 14.1. The van der Waals surface area contributed by atoms with Crippen molar-refractivity contribution < 1.29 is 40.3 Å². The van der Waals surface area contributed by atoms with Crippen molar-refractivity contribution in [3.63, 3.8) is 0 Å². The lowest BCUT2D eigenvalue weighted by atomic mass is 9.80. The largest absolute Gasteiger partial charge is 0.389 e. The molecule has 3 atom stereocenters. The van der Waals surface area contributed by atoms with E-state index in [4.69, 9.17) is 0 Å². The minimum Gasteiger partial charge on any atom is -0.349 e. The Kier molecular flexibility index (Phi) is 8.46. The summed E-state index contributed by atoms with van der Waals surface area (Å²) < 4.78 is 96.5. The van der Waals surface area contributed by atoms with E-state index in [2.05, 4.69) is 31.0 Å². The van der Waals surface area contributed by atoms with Crippen molar-refractivity contribution in [3.05, 3.63) is 41.6 Å². The molecule has 17 heteroatoms. The average molecular weight is 659 g/mol. The van der Waals surface area contributed by atoms with Gasteiger partial charge in [0.15, 0.2) is 5.65 Å². The molecule has 250 valence electrons. The van der Waals surface area contributed by atoms with Gasteiger partial charge in [0.05, 0.1) is 49.3 Å². The minimum absolute atomic E-state index is 0.0304. The number of amides is 2. The quantitative estimate of drug-likeness (QED) is 0.260. The molecule has 3 heterocycles. The van der Waals surface area contributed by atoms with Crippen LogP contribution in [0.25, 0.3) is 5.65 Å². The number of alkyl halides is 7. The smallest absolute Gasteiger partial charge is 0.349 e. The van der Waals surface area contributed by atoms with Crippen LogP contribution in [0.2, 0.25) is 0 Å². The minimum atomic E-state index is -4.46. The summed E-state index contributed by atoms with van der Waals surface area (Å²) in [4.78, 5) is 30.4. The van der Waals surface area contributed by atoms with Crippen LogP contribution in [0.3, 0.4) is 0 Å². The Labute approximate surface area is 258 Å². The van der Waals surface area contributed by atoms with Crippen molar-refractivity contribution >= 4 is 17.5 Å². The first-order valence-electron chi connectivity index (χ1n) is 15.3. The summed E-state index contributed by atoms with van der Waals surface area (Å²) >= 11 is 0. The number of nitrogens with one attached hydrogen (secondary N) is 2. The average Bonchev–Trinajstić information content (AvgIpc) is 3.56. The fourth-order valence-corrected chi connectivity index (χ4v) is 6.25. The number of carbonyl (C=O) groups excluding carboxylic acids is 2. The predicted molar refractivity (Wildman–Crippen MR) is 147 cm³/mol. The summed E-state index contributed by atoms with van der Waals surface area (Å²) in [7, 11) is 0. The number of hydrogen-bond donors (Lipinski definition) is 2. The topological polar surface area (TPSA) is 119 Å². The van der Waals surface area contributed by atoms with Crippen molar-refractivity contribution in [2.24, 2.45) is 17.8 Å². The van der Waals surface area contributed by atoms with Gasteiger partial charge in [-0.1, -0.05) is 5.21 Å². The van der Waals surface area contributed by atoms with Gasteiger partial charge in [-0.15, -0.1) is 5.10 Å². The molecule has 0 aliphatic heterocycles. The fourth-order valence-electron chi connectivity index (χ4n) is 6.25. The SMILES string of the molecule is O=C(CCC(F)(F)F)N[C@@H](c1cnn2cc([C@@H](NC(=O)c3cnnn3CC3CCC3(F)F)C3CCC(F)(F)CC3)nc2c1)C1CC1. The molecule has 6 rings (SSSR count). The number of fused-ring (bicyclic) bond motifs is 1. The van der Waals surface area contributed by atoms with Gasteiger partial charge in [-0.05, 0) is 55.6 Å². The Morgan fingerprint density at radius 2 is 1.67 bits per heavy atom. The summed E-state index contributed by atoms with van der Waals surface area (Å²) in [5.74, 6) is -8.48. The monoisotopic (exact) mass is 658 g/mol. The predicted octanol–water partition coefficient (Wildman–Crippen LogP) is 5.57. The first kappa shape index (κ1) is 32.2. The standard InChI is InChI=1S/C29H33F7N8O2/c30-27(31)7-3-17(4-8-27)25(41-26(46)21-13-37-42-43(21)14-19-5-9-28(19,32)33)20-15-44-22(39-20)11-18(12-38-44)24(16-1-2-16)40-23(45)6-10-29(34,35)36/h11-13,15-17,19,24-25H,1-10,14H2,(H,40,45)(H,41,46)/t19?,24-,25+/m1/s1. The third kappa shape index (κ3) is 7.27. The van der Waals surface area contributed by atoms with Crippen LogP contribution in [-0.4, -0.2) is 59.4 Å². The van der Waals surface area contributed by atoms with Crippen LogP contribution >= 0.6 is 0 Å². The normalized spacial score (nSPS) is 22.6. The van der Waals surface area contributed by atoms with Gasteiger partial charge in [0, 0.05) is 31.6 Å².